The van der Waals surface area contributed by atoms with E-state index in [4.69, 9.17) is 0 Å². The number of hydrogen-bond donors (Lipinski definition) is 6. The monoisotopic (exact) mass is 250 g/mol. The molecule has 0 heterocycles. The molecule has 0 unspecified atom stereocenters. The smallest absolute Gasteiger partial charge is 0.251 e. The summed E-state index contributed by atoms with van der Waals surface area (Å²) in [7, 11) is 1.23. The molecule has 17 heavy (non-hydrogen) atoms. The van der Waals surface area contributed by atoms with Crippen molar-refractivity contribution in [2.75, 3.05) is 13.6 Å². The van der Waals surface area contributed by atoms with Crippen LogP contribution in [0.15, 0.2) is 0 Å². The largest absolute Gasteiger partial charge is 0.387 e. The molecule has 0 aliphatic rings. The lowest BCUT2D eigenvalue weighted by molar-refractivity contribution is -0.155. The summed E-state index contributed by atoms with van der Waals surface area (Å²) in [5.74, 6) is -1.83. The van der Waals surface area contributed by atoms with Gasteiger partial charge in [-0.25, -0.2) is 0 Å². The topological polar surface area (TPSA) is 139 Å². The molecule has 2 amide bonds. The molecule has 0 aromatic heterocycles. The van der Waals surface area contributed by atoms with Gasteiger partial charge in [-0.3, -0.25) is 9.59 Å². The zero-order valence-electron chi connectivity index (χ0n) is 9.62. The van der Waals surface area contributed by atoms with Gasteiger partial charge in [-0.1, -0.05) is 0 Å². The Balaban J connectivity index is 4.52. The number of likely N-dealkylation sites (N-methyl/N-ethyl adjacent to an activating group) is 2. The number of amides is 2. The van der Waals surface area contributed by atoms with Gasteiger partial charge in [0.25, 0.3) is 11.8 Å². The van der Waals surface area contributed by atoms with Crippen LogP contribution < -0.4 is 10.6 Å². The van der Waals surface area contributed by atoms with Crippen molar-refractivity contribution in [2.24, 2.45) is 0 Å². The van der Waals surface area contributed by atoms with Gasteiger partial charge in [0.15, 0.2) is 12.2 Å². The van der Waals surface area contributed by atoms with Gasteiger partial charge in [0, 0.05) is 13.6 Å². The molecule has 8 heteroatoms. The molecule has 100 valence electrons. The molecule has 0 fully saturated rings. The highest BCUT2D eigenvalue weighted by Gasteiger charge is 2.36. The first-order chi connectivity index (χ1) is 7.86. The standard InChI is InChI=1S/C9H18N2O6/c1-3-11-9(17)7(15)5(13)4(12)6(14)8(16)10-2/h4-7,12-15H,3H2,1-2H3,(H,10,16)(H,11,17)/t4-,5+,6+,7-/m1/s1. The number of carbonyl (C=O) groups is 2. The molecule has 0 saturated heterocycles. The van der Waals surface area contributed by atoms with Crippen LogP contribution in [-0.2, 0) is 9.59 Å². The van der Waals surface area contributed by atoms with Gasteiger partial charge in [0.2, 0.25) is 0 Å². The van der Waals surface area contributed by atoms with Gasteiger partial charge in [-0.15, -0.1) is 0 Å². The third-order valence-electron chi connectivity index (χ3n) is 2.13. The minimum Gasteiger partial charge on any atom is -0.387 e. The maximum Gasteiger partial charge on any atom is 0.251 e. The van der Waals surface area contributed by atoms with E-state index in [-0.39, 0.29) is 6.54 Å². The number of nitrogens with one attached hydrogen (secondary N) is 2. The molecule has 4 atom stereocenters. The summed E-state index contributed by atoms with van der Waals surface area (Å²) in [6.45, 7) is 1.84. The van der Waals surface area contributed by atoms with Crippen molar-refractivity contribution in [2.45, 2.75) is 31.3 Å². The molecule has 0 aromatic carbocycles. The molecule has 0 aliphatic heterocycles. The molecule has 0 bridgehead atoms. The van der Waals surface area contributed by atoms with Crippen molar-refractivity contribution in [3.63, 3.8) is 0 Å². The predicted molar refractivity (Wildman–Crippen MR) is 56.8 cm³/mol. The second-order valence-corrected chi connectivity index (χ2v) is 3.38. The summed E-state index contributed by atoms with van der Waals surface area (Å²) < 4.78 is 0. The Hall–Kier alpha value is -1.22. The van der Waals surface area contributed by atoms with E-state index in [9.17, 15) is 30.0 Å². The second kappa shape index (κ2) is 7.17. The van der Waals surface area contributed by atoms with E-state index in [1.54, 1.807) is 6.92 Å². The zero-order chi connectivity index (χ0) is 13.6. The van der Waals surface area contributed by atoms with Crippen molar-refractivity contribution in [1.82, 2.24) is 10.6 Å². The first kappa shape index (κ1) is 15.8. The normalized spacial score (nSPS) is 17.8. The fourth-order valence-electron chi connectivity index (χ4n) is 1.11. The van der Waals surface area contributed by atoms with Gasteiger partial charge in [0.1, 0.15) is 12.2 Å². The Morgan fingerprint density at radius 3 is 1.76 bits per heavy atom. The molecule has 0 spiro atoms. The Kier molecular flexibility index (Phi) is 6.66. The van der Waals surface area contributed by atoms with E-state index in [0.29, 0.717) is 0 Å². The lowest BCUT2D eigenvalue weighted by atomic mass is 10.0. The van der Waals surface area contributed by atoms with Crippen LogP contribution in [-0.4, -0.2) is 70.2 Å². The molecule has 0 radical (unpaired) electrons. The molecule has 0 aromatic rings. The number of aliphatic hydroxyl groups is 4. The summed E-state index contributed by atoms with van der Waals surface area (Å²) in [4.78, 5) is 22.1. The zero-order valence-corrected chi connectivity index (χ0v) is 9.62. The number of carbonyl (C=O) groups excluding carboxylic acids is 2. The first-order valence-electron chi connectivity index (χ1n) is 5.08. The number of aliphatic hydroxyl groups excluding tert-OH is 4. The SMILES string of the molecule is CCNC(=O)[C@H](O)[C@@H](O)[C@@H](O)[C@H](O)C(=O)NC. The van der Waals surface area contributed by atoms with Crippen LogP contribution in [0.1, 0.15) is 6.92 Å². The summed E-state index contributed by atoms with van der Waals surface area (Å²) in [5, 5.41) is 41.6. The summed E-state index contributed by atoms with van der Waals surface area (Å²) in [6, 6.07) is 0. The molecule has 8 nitrogen and oxygen atoms in total. The van der Waals surface area contributed by atoms with Crippen LogP contribution in [0.25, 0.3) is 0 Å². The van der Waals surface area contributed by atoms with Crippen molar-refractivity contribution in [3.05, 3.63) is 0 Å². The predicted octanol–water partition coefficient (Wildman–Crippen LogP) is -3.69. The van der Waals surface area contributed by atoms with Crippen molar-refractivity contribution < 1.29 is 30.0 Å². The lowest BCUT2D eigenvalue weighted by Crippen LogP contribution is -2.54. The van der Waals surface area contributed by atoms with Crippen LogP contribution in [0.4, 0.5) is 0 Å². The first-order valence-corrected chi connectivity index (χ1v) is 5.08. The third kappa shape index (κ3) is 4.27. The summed E-state index contributed by atoms with van der Waals surface area (Å²) in [6.07, 6.45) is -7.79. The van der Waals surface area contributed by atoms with Gasteiger partial charge < -0.3 is 31.1 Å². The van der Waals surface area contributed by atoms with Crippen LogP contribution in [0.2, 0.25) is 0 Å². The van der Waals surface area contributed by atoms with Gasteiger partial charge in [0.05, 0.1) is 0 Å². The molecule has 6 N–H and O–H groups in total. The lowest BCUT2D eigenvalue weighted by Gasteiger charge is -2.24. The average Bonchev–Trinajstić information content (AvgIpc) is 2.34. The fourth-order valence-corrected chi connectivity index (χ4v) is 1.11. The minimum atomic E-state index is -1.97. The summed E-state index contributed by atoms with van der Waals surface area (Å²) in [5.41, 5.74) is 0. The molecule has 0 saturated carbocycles. The van der Waals surface area contributed by atoms with E-state index < -0.39 is 36.2 Å². The number of hydrogen-bond acceptors (Lipinski definition) is 6. The third-order valence-corrected chi connectivity index (χ3v) is 2.13. The minimum absolute atomic E-state index is 0.233. The van der Waals surface area contributed by atoms with E-state index in [1.165, 1.54) is 7.05 Å². The highest BCUT2D eigenvalue weighted by Crippen LogP contribution is 2.05. The number of rotatable bonds is 6. The van der Waals surface area contributed by atoms with Crippen molar-refractivity contribution in [1.29, 1.82) is 0 Å². The highest BCUT2D eigenvalue weighted by atomic mass is 16.4. The van der Waals surface area contributed by atoms with Crippen molar-refractivity contribution in [3.8, 4) is 0 Å². The van der Waals surface area contributed by atoms with E-state index in [0.717, 1.165) is 0 Å². The van der Waals surface area contributed by atoms with Gasteiger partial charge in [-0.05, 0) is 6.92 Å². The Bertz CT molecular complexity index is 272. The summed E-state index contributed by atoms with van der Waals surface area (Å²) >= 11 is 0. The highest BCUT2D eigenvalue weighted by molar-refractivity contribution is 5.83. The van der Waals surface area contributed by atoms with Gasteiger partial charge in [-0.2, -0.15) is 0 Å². The quantitative estimate of drug-likeness (QED) is 0.287. The van der Waals surface area contributed by atoms with Crippen LogP contribution >= 0.6 is 0 Å². The van der Waals surface area contributed by atoms with Crippen LogP contribution in [0.3, 0.4) is 0 Å². The van der Waals surface area contributed by atoms with Crippen molar-refractivity contribution >= 4 is 11.8 Å². The maximum absolute atomic E-state index is 11.1. The second-order valence-electron chi connectivity index (χ2n) is 3.38. The molecular formula is C9H18N2O6. The molecule has 0 aliphatic carbocycles. The van der Waals surface area contributed by atoms with E-state index in [1.807, 2.05) is 0 Å². The maximum atomic E-state index is 11.1. The Morgan fingerprint density at radius 1 is 1.00 bits per heavy atom. The van der Waals surface area contributed by atoms with Gasteiger partial charge >= 0.3 is 0 Å². The average molecular weight is 250 g/mol. The van der Waals surface area contributed by atoms with Crippen LogP contribution in [0.5, 0.6) is 0 Å². The fraction of sp³-hybridized carbons (Fsp3) is 0.778. The molecular weight excluding hydrogens is 232 g/mol. The Labute approximate surface area is 98.3 Å². The van der Waals surface area contributed by atoms with E-state index in [2.05, 4.69) is 10.6 Å². The molecule has 0 rings (SSSR count). The Morgan fingerprint density at radius 2 is 1.41 bits per heavy atom. The van der Waals surface area contributed by atoms with E-state index >= 15 is 0 Å². The van der Waals surface area contributed by atoms with Crippen LogP contribution in [0, 0.1) is 0 Å².